The maximum Gasteiger partial charge on any atom is 0.231 e. The number of pyridine rings is 1. The number of hydrogen-bond acceptors (Lipinski definition) is 5. The monoisotopic (exact) mass is 401 g/mol. The fourth-order valence-corrected chi connectivity index (χ4v) is 4.06. The third-order valence-electron chi connectivity index (χ3n) is 5.96. The van der Waals surface area contributed by atoms with Crippen molar-refractivity contribution in [2.75, 3.05) is 13.9 Å². The molecular weight excluding hydrogens is 378 g/mol. The molecular formula is C25H23NO4. The Morgan fingerprint density at radius 2 is 1.77 bits per heavy atom. The van der Waals surface area contributed by atoms with E-state index < -0.39 is 5.41 Å². The second kappa shape index (κ2) is 7.48. The van der Waals surface area contributed by atoms with Crippen LogP contribution in [-0.2, 0) is 23.1 Å². The van der Waals surface area contributed by atoms with E-state index in [-0.39, 0.29) is 12.6 Å². The van der Waals surface area contributed by atoms with Gasteiger partial charge in [-0.3, -0.25) is 9.78 Å². The van der Waals surface area contributed by atoms with Gasteiger partial charge in [0, 0.05) is 24.2 Å². The second-order valence-electron chi connectivity index (χ2n) is 7.90. The number of hydrogen-bond donors (Lipinski definition) is 0. The van der Waals surface area contributed by atoms with Crippen LogP contribution in [0.1, 0.15) is 35.4 Å². The molecule has 152 valence electrons. The van der Waals surface area contributed by atoms with Gasteiger partial charge in [0.15, 0.2) is 11.5 Å². The summed E-state index contributed by atoms with van der Waals surface area (Å²) in [5.74, 6) is 2.53. The van der Waals surface area contributed by atoms with Crippen molar-refractivity contribution in [1.29, 1.82) is 0 Å². The molecule has 1 fully saturated rings. The largest absolute Gasteiger partial charge is 0.497 e. The highest BCUT2D eigenvalue weighted by atomic mass is 16.7. The molecule has 5 rings (SSSR count). The van der Waals surface area contributed by atoms with E-state index in [1.165, 1.54) is 0 Å². The molecule has 0 amide bonds. The summed E-state index contributed by atoms with van der Waals surface area (Å²) >= 11 is 0. The van der Waals surface area contributed by atoms with Gasteiger partial charge in [0.2, 0.25) is 6.79 Å². The van der Waals surface area contributed by atoms with Gasteiger partial charge in [-0.2, -0.15) is 0 Å². The summed E-state index contributed by atoms with van der Waals surface area (Å²) < 4.78 is 16.1. The minimum atomic E-state index is -0.408. The molecule has 5 nitrogen and oxygen atoms in total. The van der Waals surface area contributed by atoms with Crippen molar-refractivity contribution >= 4 is 5.78 Å². The molecule has 0 radical (unpaired) electrons. The van der Waals surface area contributed by atoms with Crippen LogP contribution in [0.25, 0.3) is 0 Å². The normalized spacial score (nSPS) is 15.6. The third kappa shape index (κ3) is 3.52. The van der Waals surface area contributed by atoms with Gasteiger partial charge in [-0.1, -0.05) is 24.3 Å². The molecule has 30 heavy (non-hydrogen) atoms. The number of ketones is 1. The molecule has 1 aliphatic carbocycles. The quantitative estimate of drug-likeness (QED) is 0.592. The van der Waals surface area contributed by atoms with E-state index in [0.717, 1.165) is 59.0 Å². The SMILES string of the molecule is COc1ccc(Cc2cccc(CC(=O)C3(c4ccc5c(c4)OCO5)CC3)n2)cc1. The Labute approximate surface area is 175 Å². The lowest BCUT2D eigenvalue weighted by molar-refractivity contribution is -0.120. The van der Waals surface area contributed by atoms with E-state index in [9.17, 15) is 4.79 Å². The van der Waals surface area contributed by atoms with Crippen LogP contribution in [0.5, 0.6) is 17.2 Å². The van der Waals surface area contributed by atoms with Gasteiger partial charge in [-0.05, 0) is 60.4 Å². The van der Waals surface area contributed by atoms with E-state index >= 15 is 0 Å². The van der Waals surface area contributed by atoms with Crippen molar-refractivity contribution in [3.8, 4) is 17.2 Å². The molecule has 3 aromatic rings. The average Bonchev–Trinajstić information content (AvgIpc) is 3.45. The summed E-state index contributed by atoms with van der Waals surface area (Å²) in [7, 11) is 1.66. The van der Waals surface area contributed by atoms with Crippen LogP contribution in [0.15, 0.2) is 60.7 Å². The number of carbonyl (C=O) groups excluding carboxylic acids is 1. The Hall–Kier alpha value is -3.34. The van der Waals surface area contributed by atoms with Crippen LogP contribution < -0.4 is 14.2 Å². The van der Waals surface area contributed by atoms with Crippen molar-refractivity contribution in [2.24, 2.45) is 0 Å². The zero-order chi connectivity index (χ0) is 20.6. The van der Waals surface area contributed by atoms with E-state index in [0.29, 0.717) is 6.42 Å². The van der Waals surface area contributed by atoms with E-state index in [1.807, 2.05) is 60.7 Å². The van der Waals surface area contributed by atoms with Crippen LogP contribution in [0.3, 0.4) is 0 Å². The van der Waals surface area contributed by atoms with Gasteiger partial charge in [0.25, 0.3) is 0 Å². The maximum absolute atomic E-state index is 13.2. The van der Waals surface area contributed by atoms with Crippen LogP contribution >= 0.6 is 0 Å². The highest BCUT2D eigenvalue weighted by Crippen LogP contribution is 2.51. The van der Waals surface area contributed by atoms with E-state index in [2.05, 4.69) is 0 Å². The Kier molecular flexibility index (Phi) is 4.66. The van der Waals surface area contributed by atoms with E-state index in [1.54, 1.807) is 7.11 Å². The lowest BCUT2D eigenvalue weighted by Gasteiger charge is -2.15. The van der Waals surface area contributed by atoms with Gasteiger partial charge in [0.05, 0.1) is 12.5 Å². The summed E-state index contributed by atoms with van der Waals surface area (Å²) in [4.78, 5) is 18.0. The Balaban J connectivity index is 1.31. The molecule has 0 saturated heterocycles. The number of carbonyl (C=O) groups is 1. The molecule has 5 heteroatoms. The molecule has 0 unspecified atom stereocenters. The fraction of sp³-hybridized carbons (Fsp3) is 0.280. The zero-order valence-electron chi connectivity index (χ0n) is 16.9. The van der Waals surface area contributed by atoms with E-state index in [4.69, 9.17) is 19.2 Å². The van der Waals surface area contributed by atoms with Crippen molar-refractivity contribution in [3.63, 3.8) is 0 Å². The lowest BCUT2D eigenvalue weighted by atomic mass is 9.88. The summed E-state index contributed by atoms with van der Waals surface area (Å²) in [5.41, 5.74) is 3.54. The van der Waals surface area contributed by atoms with Crippen LogP contribution in [0.4, 0.5) is 0 Å². The predicted molar refractivity (Wildman–Crippen MR) is 112 cm³/mol. The standard InChI is InChI=1S/C25H23NO4/c1-28-21-8-5-17(6-9-21)13-19-3-2-4-20(26-19)15-24(27)25(11-12-25)18-7-10-22-23(14-18)30-16-29-22/h2-10,14H,11-13,15-16H2,1H3. The average molecular weight is 401 g/mol. The number of benzene rings is 2. The minimum Gasteiger partial charge on any atom is -0.497 e. The number of aromatic nitrogens is 1. The molecule has 0 atom stereocenters. The van der Waals surface area contributed by atoms with Gasteiger partial charge in [0.1, 0.15) is 11.5 Å². The molecule has 2 aromatic carbocycles. The van der Waals surface area contributed by atoms with Crippen LogP contribution in [-0.4, -0.2) is 24.7 Å². The van der Waals surface area contributed by atoms with Gasteiger partial charge >= 0.3 is 0 Å². The summed E-state index contributed by atoms with van der Waals surface area (Å²) in [5, 5.41) is 0. The smallest absolute Gasteiger partial charge is 0.231 e. The maximum atomic E-state index is 13.2. The molecule has 1 saturated carbocycles. The first-order valence-corrected chi connectivity index (χ1v) is 10.2. The molecule has 0 bridgehead atoms. The minimum absolute atomic E-state index is 0.218. The summed E-state index contributed by atoms with van der Waals surface area (Å²) in [6.45, 7) is 0.241. The summed E-state index contributed by atoms with van der Waals surface area (Å²) in [6, 6.07) is 19.7. The lowest BCUT2D eigenvalue weighted by Crippen LogP contribution is -2.23. The van der Waals surface area contributed by atoms with Crippen molar-refractivity contribution in [2.45, 2.75) is 31.1 Å². The number of methoxy groups -OCH3 is 1. The summed E-state index contributed by atoms with van der Waals surface area (Å²) in [6.07, 6.45) is 2.80. The number of fused-ring (bicyclic) bond motifs is 1. The fourth-order valence-electron chi connectivity index (χ4n) is 4.06. The molecule has 2 aliphatic rings. The van der Waals surface area contributed by atoms with Crippen molar-refractivity contribution in [3.05, 3.63) is 83.2 Å². The van der Waals surface area contributed by atoms with Crippen LogP contribution in [0, 0.1) is 0 Å². The molecule has 0 N–H and O–H groups in total. The molecule has 1 aliphatic heterocycles. The molecule has 2 heterocycles. The predicted octanol–water partition coefficient (Wildman–Crippen LogP) is 4.25. The number of rotatable bonds is 7. The Morgan fingerprint density at radius 3 is 2.53 bits per heavy atom. The Morgan fingerprint density at radius 1 is 1.00 bits per heavy atom. The van der Waals surface area contributed by atoms with Gasteiger partial charge in [-0.15, -0.1) is 0 Å². The third-order valence-corrected chi connectivity index (χ3v) is 5.96. The number of Topliss-reactive ketones (excluding diaryl/α,β-unsaturated/α-hetero) is 1. The highest BCUT2D eigenvalue weighted by Gasteiger charge is 2.50. The van der Waals surface area contributed by atoms with Gasteiger partial charge in [-0.25, -0.2) is 0 Å². The Bertz CT molecular complexity index is 1090. The molecule has 1 aromatic heterocycles. The van der Waals surface area contributed by atoms with Gasteiger partial charge < -0.3 is 14.2 Å². The first-order valence-electron chi connectivity index (χ1n) is 10.2. The van der Waals surface area contributed by atoms with Crippen molar-refractivity contribution in [1.82, 2.24) is 4.98 Å². The zero-order valence-corrected chi connectivity index (χ0v) is 16.9. The molecule has 0 spiro atoms. The van der Waals surface area contributed by atoms with Crippen molar-refractivity contribution < 1.29 is 19.0 Å². The first kappa shape index (κ1) is 18.7. The van der Waals surface area contributed by atoms with Crippen LogP contribution in [0.2, 0.25) is 0 Å². The topological polar surface area (TPSA) is 57.7 Å². The highest BCUT2D eigenvalue weighted by molar-refractivity contribution is 5.94. The number of ether oxygens (including phenoxy) is 3. The number of nitrogens with zero attached hydrogens (tertiary/aromatic N) is 1. The first-order chi connectivity index (χ1) is 14.7. The second-order valence-corrected chi connectivity index (χ2v) is 7.90.